The molecule has 0 saturated carbocycles. The molecular formula is C13H12N4OS. The second-order valence-corrected chi connectivity index (χ2v) is 4.51. The lowest BCUT2D eigenvalue weighted by atomic mass is 10.3. The van der Waals surface area contributed by atoms with Gasteiger partial charge >= 0.3 is 6.03 Å². The molecule has 96 valence electrons. The van der Waals surface area contributed by atoms with Gasteiger partial charge in [0.25, 0.3) is 0 Å². The van der Waals surface area contributed by atoms with E-state index >= 15 is 0 Å². The normalized spacial score (nSPS) is 9.32. The molecule has 0 unspecified atom stereocenters. The summed E-state index contributed by atoms with van der Waals surface area (Å²) in [5, 5.41) is 5.84. The van der Waals surface area contributed by atoms with Crippen LogP contribution in [0.15, 0.2) is 36.5 Å². The molecule has 2 aromatic rings. The Hall–Kier alpha value is -2.36. The molecule has 0 atom stereocenters. The molecule has 2 amide bonds. The predicted molar refractivity (Wildman–Crippen MR) is 77.1 cm³/mol. The number of anilines is 2. The number of nitrogens with two attached hydrogens (primary N) is 1. The zero-order valence-corrected chi connectivity index (χ0v) is 10.8. The van der Waals surface area contributed by atoms with Crippen LogP contribution in [0.5, 0.6) is 0 Å². The molecule has 1 aromatic heterocycles. The van der Waals surface area contributed by atoms with Gasteiger partial charge in [0.2, 0.25) is 0 Å². The summed E-state index contributed by atoms with van der Waals surface area (Å²) >= 11 is 1.30. The highest BCUT2D eigenvalue weighted by Crippen LogP contribution is 2.17. The van der Waals surface area contributed by atoms with Crippen molar-refractivity contribution < 1.29 is 4.79 Å². The number of benzene rings is 1. The summed E-state index contributed by atoms with van der Waals surface area (Å²) in [6.07, 6.45) is 1.60. The van der Waals surface area contributed by atoms with Gasteiger partial charge in [0.1, 0.15) is 0 Å². The third kappa shape index (κ3) is 4.10. The van der Waals surface area contributed by atoms with E-state index in [9.17, 15) is 4.79 Å². The van der Waals surface area contributed by atoms with Crippen LogP contribution in [0.25, 0.3) is 0 Å². The van der Waals surface area contributed by atoms with Gasteiger partial charge < -0.3 is 11.1 Å². The zero-order valence-electron chi connectivity index (χ0n) is 10.0. The zero-order chi connectivity index (χ0) is 13.5. The maximum absolute atomic E-state index is 11.7. The van der Waals surface area contributed by atoms with Crippen molar-refractivity contribution >= 4 is 28.2 Å². The maximum atomic E-state index is 11.7. The quantitative estimate of drug-likeness (QED) is 0.732. The minimum absolute atomic E-state index is 0.301. The second-order valence-electron chi connectivity index (χ2n) is 3.48. The predicted octanol–water partition coefficient (Wildman–Crippen LogP) is 2.10. The van der Waals surface area contributed by atoms with Crippen LogP contribution in [0.1, 0.15) is 4.88 Å². The SMILES string of the molecule is NCC#Cc1cnc(NC(=O)Nc2ccccc2)s1. The van der Waals surface area contributed by atoms with Crippen molar-refractivity contribution in [3.8, 4) is 11.8 Å². The number of aromatic nitrogens is 1. The van der Waals surface area contributed by atoms with E-state index in [2.05, 4.69) is 27.5 Å². The van der Waals surface area contributed by atoms with E-state index < -0.39 is 0 Å². The highest BCUT2D eigenvalue weighted by atomic mass is 32.1. The topological polar surface area (TPSA) is 80.0 Å². The van der Waals surface area contributed by atoms with Crippen molar-refractivity contribution in [2.45, 2.75) is 0 Å². The molecule has 0 fully saturated rings. The van der Waals surface area contributed by atoms with Crippen LogP contribution < -0.4 is 16.4 Å². The van der Waals surface area contributed by atoms with Gasteiger partial charge in [-0.3, -0.25) is 5.32 Å². The molecular weight excluding hydrogens is 260 g/mol. The fourth-order valence-corrected chi connectivity index (χ4v) is 1.99. The maximum Gasteiger partial charge on any atom is 0.325 e. The molecule has 0 aliphatic carbocycles. The van der Waals surface area contributed by atoms with Crippen LogP contribution in [0.2, 0.25) is 0 Å². The van der Waals surface area contributed by atoms with E-state index in [0.29, 0.717) is 11.7 Å². The van der Waals surface area contributed by atoms with Gasteiger partial charge in [0, 0.05) is 5.69 Å². The summed E-state index contributed by atoms with van der Waals surface area (Å²) in [6.45, 7) is 0.301. The molecule has 0 spiro atoms. The Morgan fingerprint density at radius 2 is 2.11 bits per heavy atom. The third-order valence-electron chi connectivity index (χ3n) is 2.07. The number of thiazole rings is 1. The number of carbonyl (C=O) groups excluding carboxylic acids is 1. The molecule has 6 heteroatoms. The van der Waals surface area contributed by atoms with Crippen molar-refractivity contribution in [2.24, 2.45) is 5.73 Å². The summed E-state index contributed by atoms with van der Waals surface area (Å²) < 4.78 is 0. The first kappa shape index (κ1) is 13.1. The lowest BCUT2D eigenvalue weighted by Crippen LogP contribution is -2.19. The van der Waals surface area contributed by atoms with E-state index in [4.69, 9.17) is 5.73 Å². The Bertz CT molecular complexity index is 612. The van der Waals surface area contributed by atoms with E-state index in [0.717, 1.165) is 10.6 Å². The van der Waals surface area contributed by atoms with Crippen molar-refractivity contribution in [2.75, 3.05) is 17.2 Å². The van der Waals surface area contributed by atoms with E-state index in [1.807, 2.05) is 18.2 Å². The van der Waals surface area contributed by atoms with Gasteiger partial charge in [-0.05, 0) is 12.1 Å². The lowest BCUT2D eigenvalue weighted by Gasteiger charge is -2.04. The molecule has 0 aliphatic rings. The van der Waals surface area contributed by atoms with Crippen molar-refractivity contribution in [1.82, 2.24) is 4.98 Å². The number of nitrogens with one attached hydrogen (secondary N) is 2. The second kappa shape index (κ2) is 6.54. The molecule has 1 heterocycles. The molecule has 19 heavy (non-hydrogen) atoms. The Morgan fingerprint density at radius 3 is 2.84 bits per heavy atom. The molecule has 0 radical (unpaired) electrons. The van der Waals surface area contributed by atoms with E-state index in [1.54, 1.807) is 18.3 Å². The number of para-hydroxylation sites is 1. The fourth-order valence-electron chi connectivity index (χ4n) is 1.31. The number of hydrogen-bond donors (Lipinski definition) is 3. The smallest absolute Gasteiger partial charge is 0.320 e. The number of hydrogen-bond acceptors (Lipinski definition) is 4. The van der Waals surface area contributed by atoms with Crippen LogP contribution in [-0.2, 0) is 0 Å². The van der Waals surface area contributed by atoms with Crippen LogP contribution >= 0.6 is 11.3 Å². The van der Waals surface area contributed by atoms with Crippen molar-refractivity contribution in [1.29, 1.82) is 0 Å². The van der Waals surface area contributed by atoms with Crippen molar-refractivity contribution in [3.63, 3.8) is 0 Å². The summed E-state index contributed by atoms with van der Waals surface area (Å²) in [7, 11) is 0. The number of nitrogens with zero attached hydrogens (tertiary/aromatic N) is 1. The molecule has 5 nitrogen and oxygen atoms in total. The van der Waals surface area contributed by atoms with Gasteiger partial charge in [-0.25, -0.2) is 9.78 Å². The van der Waals surface area contributed by atoms with Crippen LogP contribution in [0, 0.1) is 11.8 Å². The third-order valence-corrected chi connectivity index (χ3v) is 2.90. The average molecular weight is 272 g/mol. The standard InChI is InChI=1S/C13H12N4OS/c14-8-4-7-11-9-15-13(19-11)17-12(18)16-10-5-2-1-3-6-10/h1-3,5-6,9H,8,14H2,(H2,15,16,17,18). The molecule has 1 aromatic carbocycles. The highest BCUT2D eigenvalue weighted by molar-refractivity contribution is 7.16. The van der Waals surface area contributed by atoms with Crippen LogP contribution in [-0.4, -0.2) is 17.6 Å². The Morgan fingerprint density at radius 1 is 1.32 bits per heavy atom. The fraction of sp³-hybridized carbons (Fsp3) is 0.0769. The van der Waals surface area contributed by atoms with E-state index in [1.165, 1.54) is 11.3 Å². The highest BCUT2D eigenvalue weighted by Gasteiger charge is 2.05. The largest absolute Gasteiger partial charge is 0.325 e. The number of urea groups is 1. The molecule has 2 rings (SSSR count). The van der Waals surface area contributed by atoms with Crippen LogP contribution in [0.4, 0.5) is 15.6 Å². The first-order chi connectivity index (χ1) is 9.28. The molecule has 0 saturated heterocycles. The van der Waals surface area contributed by atoms with Crippen molar-refractivity contribution in [3.05, 3.63) is 41.4 Å². The summed E-state index contributed by atoms with van der Waals surface area (Å²) in [4.78, 5) is 16.5. The van der Waals surface area contributed by atoms with Gasteiger partial charge in [-0.1, -0.05) is 41.4 Å². The Kier molecular flexibility index (Phi) is 4.50. The first-order valence-electron chi connectivity index (χ1n) is 5.56. The Balaban J connectivity index is 1.94. The first-order valence-corrected chi connectivity index (χ1v) is 6.37. The summed E-state index contributed by atoms with van der Waals surface area (Å²) in [5.74, 6) is 5.59. The lowest BCUT2D eigenvalue weighted by molar-refractivity contribution is 0.262. The van der Waals surface area contributed by atoms with Gasteiger partial charge in [0.05, 0.1) is 17.6 Å². The summed E-state index contributed by atoms with van der Waals surface area (Å²) in [5.41, 5.74) is 6.00. The van der Waals surface area contributed by atoms with E-state index in [-0.39, 0.29) is 6.03 Å². The number of carbonyl (C=O) groups is 1. The van der Waals surface area contributed by atoms with Crippen LogP contribution in [0.3, 0.4) is 0 Å². The van der Waals surface area contributed by atoms with Gasteiger partial charge in [-0.2, -0.15) is 0 Å². The monoisotopic (exact) mass is 272 g/mol. The van der Waals surface area contributed by atoms with Gasteiger partial charge in [0.15, 0.2) is 5.13 Å². The average Bonchev–Trinajstić information content (AvgIpc) is 2.85. The molecule has 0 aliphatic heterocycles. The molecule has 4 N–H and O–H groups in total. The number of rotatable bonds is 2. The minimum atomic E-state index is -0.334. The Labute approximate surface area is 114 Å². The summed E-state index contributed by atoms with van der Waals surface area (Å²) in [6, 6.07) is 8.85. The van der Waals surface area contributed by atoms with Gasteiger partial charge in [-0.15, -0.1) is 0 Å². The molecule has 0 bridgehead atoms. The minimum Gasteiger partial charge on any atom is -0.320 e. The number of amides is 2.